The number of hydrogen-bond acceptors (Lipinski definition) is 4. The molecule has 0 radical (unpaired) electrons. The van der Waals surface area contributed by atoms with Gasteiger partial charge in [0.1, 0.15) is 5.75 Å². The first kappa shape index (κ1) is 17.2. The fourth-order valence-electron chi connectivity index (χ4n) is 2.76. The van der Waals surface area contributed by atoms with E-state index in [4.69, 9.17) is 10.5 Å². The zero-order valence-corrected chi connectivity index (χ0v) is 13.1. The van der Waals surface area contributed by atoms with E-state index in [1.54, 1.807) is 0 Å². The summed E-state index contributed by atoms with van der Waals surface area (Å²) in [5.41, 5.74) is 6.93. The van der Waals surface area contributed by atoms with Crippen LogP contribution < -0.4 is 10.5 Å². The summed E-state index contributed by atoms with van der Waals surface area (Å²) in [6.07, 6.45) is 3.01. The van der Waals surface area contributed by atoms with Gasteiger partial charge in [0, 0.05) is 12.6 Å². The molecule has 1 fully saturated rings. The molecule has 1 heterocycles. The van der Waals surface area contributed by atoms with Crippen molar-refractivity contribution >= 4 is 0 Å². The molecule has 22 heavy (non-hydrogen) atoms. The summed E-state index contributed by atoms with van der Waals surface area (Å²) in [6.45, 7) is 3.09. The van der Waals surface area contributed by atoms with Crippen LogP contribution >= 0.6 is 0 Å². The Bertz CT molecular complexity index is 421. The van der Waals surface area contributed by atoms with Crippen molar-refractivity contribution in [3.8, 4) is 5.75 Å². The lowest BCUT2D eigenvalue weighted by molar-refractivity contribution is 0.125. The van der Waals surface area contributed by atoms with Crippen LogP contribution in [0, 0.1) is 0 Å². The van der Waals surface area contributed by atoms with E-state index >= 15 is 0 Å². The Labute approximate surface area is 132 Å². The van der Waals surface area contributed by atoms with Gasteiger partial charge in [0.2, 0.25) is 0 Å². The first-order valence-electron chi connectivity index (χ1n) is 8.15. The number of likely N-dealkylation sites (tertiary alicyclic amines) is 1. The quantitative estimate of drug-likeness (QED) is 0.687. The summed E-state index contributed by atoms with van der Waals surface area (Å²) < 4.78 is 17.5. The molecule has 5 heteroatoms. The number of alkyl halides is 1. The molecule has 1 aliphatic heterocycles. The van der Waals surface area contributed by atoms with Crippen molar-refractivity contribution in [2.75, 3.05) is 32.9 Å². The van der Waals surface area contributed by atoms with Crippen LogP contribution in [0.15, 0.2) is 24.3 Å². The van der Waals surface area contributed by atoms with E-state index in [-0.39, 0.29) is 12.7 Å². The summed E-state index contributed by atoms with van der Waals surface area (Å²) in [7, 11) is 0. The molecule has 0 bridgehead atoms. The van der Waals surface area contributed by atoms with Crippen molar-refractivity contribution < 1.29 is 14.2 Å². The van der Waals surface area contributed by atoms with Crippen molar-refractivity contribution in [1.82, 2.24) is 4.90 Å². The monoisotopic (exact) mass is 310 g/mol. The lowest BCUT2D eigenvalue weighted by atomic mass is 10.0. The lowest BCUT2D eigenvalue weighted by Gasteiger charge is -2.24. The number of halogens is 1. The number of nitrogens with two attached hydrogens (primary N) is 1. The minimum absolute atomic E-state index is 0.283. The van der Waals surface area contributed by atoms with Crippen LogP contribution in [-0.2, 0) is 0 Å². The van der Waals surface area contributed by atoms with Gasteiger partial charge in [-0.1, -0.05) is 12.1 Å². The number of rotatable bonds is 9. The molecule has 1 aromatic carbocycles. The number of hydrogen-bond donors (Lipinski definition) is 2. The molecule has 0 spiro atoms. The molecule has 0 unspecified atom stereocenters. The molecular weight excluding hydrogens is 283 g/mol. The SMILES string of the molecule is N[C@H](CN1CCCC1)[C@H](O)c1ccc(OCCCCF)cc1. The predicted octanol–water partition coefficient (Wildman–Crippen LogP) is 2.27. The molecule has 1 saturated heterocycles. The molecule has 1 aliphatic rings. The number of aliphatic hydroxyl groups excluding tert-OH is 1. The number of nitrogens with zero attached hydrogens (tertiary/aromatic N) is 1. The van der Waals surface area contributed by atoms with E-state index in [0.29, 0.717) is 19.4 Å². The van der Waals surface area contributed by atoms with Crippen LogP contribution in [0.4, 0.5) is 4.39 Å². The van der Waals surface area contributed by atoms with Crippen molar-refractivity contribution in [2.24, 2.45) is 5.73 Å². The molecule has 2 rings (SSSR count). The maximum Gasteiger partial charge on any atom is 0.119 e. The highest BCUT2D eigenvalue weighted by Crippen LogP contribution is 2.21. The van der Waals surface area contributed by atoms with Gasteiger partial charge >= 0.3 is 0 Å². The van der Waals surface area contributed by atoms with E-state index in [1.165, 1.54) is 12.8 Å². The zero-order chi connectivity index (χ0) is 15.8. The maximum atomic E-state index is 12.0. The van der Waals surface area contributed by atoms with E-state index in [0.717, 1.165) is 30.9 Å². The Kier molecular flexibility index (Phi) is 7.09. The molecule has 0 amide bonds. The van der Waals surface area contributed by atoms with Gasteiger partial charge in [-0.15, -0.1) is 0 Å². The number of benzene rings is 1. The Hall–Kier alpha value is -1.17. The van der Waals surface area contributed by atoms with Crippen molar-refractivity contribution in [3.05, 3.63) is 29.8 Å². The van der Waals surface area contributed by atoms with Gasteiger partial charge < -0.3 is 20.5 Å². The minimum Gasteiger partial charge on any atom is -0.494 e. The highest BCUT2D eigenvalue weighted by molar-refractivity contribution is 5.29. The minimum atomic E-state index is -0.666. The van der Waals surface area contributed by atoms with E-state index in [2.05, 4.69) is 4.90 Å². The third kappa shape index (κ3) is 5.23. The molecule has 124 valence electrons. The van der Waals surface area contributed by atoms with Crippen molar-refractivity contribution in [1.29, 1.82) is 0 Å². The third-order valence-corrected chi connectivity index (χ3v) is 4.09. The lowest BCUT2D eigenvalue weighted by Crippen LogP contribution is -2.40. The molecule has 0 aliphatic carbocycles. The average molecular weight is 310 g/mol. The summed E-state index contributed by atoms with van der Waals surface area (Å²) >= 11 is 0. The standard InChI is InChI=1S/C17H27FN2O2/c18-9-1-4-12-22-15-7-5-14(6-8-15)17(21)16(19)13-20-10-2-3-11-20/h5-8,16-17,21H,1-4,9-13,19H2/t16-,17-/m1/s1. The largest absolute Gasteiger partial charge is 0.494 e. The predicted molar refractivity (Wildman–Crippen MR) is 85.8 cm³/mol. The second-order valence-electron chi connectivity index (χ2n) is 5.93. The van der Waals surface area contributed by atoms with Crippen LogP contribution in [0.3, 0.4) is 0 Å². The van der Waals surface area contributed by atoms with Gasteiger partial charge in [-0.3, -0.25) is 4.39 Å². The second-order valence-corrected chi connectivity index (χ2v) is 5.93. The number of ether oxygens (including phenoxy) is 1. The van der Waals surface area contributed by atoms with Crippen molar-refractivity contribution in [2.45, 2.75) is 37.8 Å². The highest BCUT2D eigenvalue weighted by atomic mass is 19.1. The Morgan fingerprint density at radius 1 is 1.18 bits per heavy atom. The van der Waals surface area contributed by atoms with E-state index < -0.39 is 6.10 Å². The first-order valence-corrected chi connectivity index (χ1v) is 8.15. The van der Waals surface area contributed by atoms with Gasteiger partial charge in [-0.25, -0.2) is 0 Å². The molecule has 3 N–H and O–H groups in total. The Morgan fingerprint density at radius 3 is 2.50 bits per heavy atom. The summed E-state index contributed by atoms with van der Waals surface area (Å²) in [5.74, 6) is 0.739. The van der Waals surface area contributed by atoms with Crippen LogP contribution in [0.2, 0.25) is 0 Å². The Morgan fingerprint density at radius 2 is 1.86 bits per heavy atom. The van der Waals surface area contributed by atoms with Gasteiger partial charge in [0.25, 0.3) is 0 Å². The smallest absolute Gasteiger partial charge is 0.119 e. The van der Waals surface area contributed by atoms with Crippen LogP contribution in [-0.4, -0.2) is 49.0 Å². The highest BCUT2D eigenvalue weighted by Gasteiger charge is 2.21. The number of aliphatic hydroxyl groups is 1. The van der Waals surface area contributed by atoms with Gasteiger partial charge in [0.05, 0.1) is 19.4 Å². The third-order valence-electron chi connectivity index (χ3n) is 4.09. The topological polar surface area (TPSA) is 58.7 Å². The van der Waals surface area contributed by atoms with Crippen LogP contribution in [0.1, 0.15) is 37.4 Å². The molecule has 0 saturated carbocycles. The van der Waals surface area contributed by atoms with Crippen molar-refractivity contribution in [3.63, 3.8) is 0 Å². The molecule has 1 aromatic rings. The average Bonchev–Trinajstić information content (AvgIpc) is 3.04. The zero-order valence-electron chi connectivity index (χ0n) is 13.1. The molecule has 2 atom stereocenters. The molecule has 0 aromatic heterocycles. The molecule has 4 nitrogen and oxygen atoms in total. The van der Waals surface area contributed by atoms with Crippen LogP contribution in [0.25, 0.3) is 0 Å². The summed E-state index contributed by atoms with van der Waals surface area (Å²) in [5, 5.41) is 10.4. The maximum absolute atomic E-state index is 12.0. The second kappa shape index (κ2) is 9.08. The summed E-state index contributed by atoms with van der Waals surface area (Å²) in [6, 6.07) is 7.07. The molecular formula is C17H27FN2O2. The fraction of sp³-hybridized carbons (Fsp3) is 0.647. The van der Waals surface area contributed by atoms with Crippen LogP contribution in [0.5, 0.6) is 5.75 Å². The summed E-state index contributed by atoms with van der Waals surface area (Å²) in [4.78, 5) is 2.30. The fourth-order valence-corrected chi connectivity index (χ4v) is 2.76. The number of unbranched alkanes of at least 4 members (excludes halogenated alkanes) is 1. The van der Waals surface area contributed by atoms with E-state index in [9.17, 15) is 9.50 Å². The van der Waals surface area contributed by atoms with E-state index in [1.807, 2.05) is 24.3 Å². The Balaban J connectivity index is 1.80. The van der Waals surface area contributed by atoms with Gasteiger partial charge in [0.15, 0.2) is 0 Å². The van der Waals surface area contributed by atoms with Gasteiger partial charge in [-0.2, -0.15) is 0 Å². The van der Waals surface area contributed by atoms with Gasteiger partial charge in [-0.05, 0) is 56.5 Å². The first-order chi connectivity index (χ1) is 10.7. The normalized spacial score (nSPS) is 18.3.